The van der Waals surface area contributed by atoms with E-state index in [1.807, 2.05) is 6.92 Å². The van der Waals surface area contributed by atoms with Gasteiger partial charge < -0.3 is 5.32 Å². The second-order valence-electron chi connectivity index (χ2n) is 5.78. The highest BCUT2D eigenvalue weighted by molar-refractivity contribution is 7.10. The molecule has 0 atom stereocenters. The van der Waals surface area contributed by atoms with Gasteiger partial charge in [-0.3, -0.25) is 9.78 Å². The van der Waals surface area contributed by atoms with Crippen molar-refractivity contribution in [2.75, 3.05) is 5.32 Å². The van der Waals surface area contributed by atoms with Gasteiger partial charge in [-0.05, 0) is 30.9 Å². The maximum Gasteiger partial charge on any atom is 0.417 e. The van der Waals surface area contributed by atoms with Crippen LogP contribution in [0.5, 0.6) is 0 Å². The van der Waals surface area contributed by atoms with E-state index in [0.717, 1.165) is 54.8 Å². The van der Waals surface area contributed by atoms with E-state index in [4.69, 9.17) is 0 Å². The second-order valence-corrected chi connectivity index (χ2v) is 6.74. The molecule has 1 amide bonds. The summed E-state index contributed by atoms with van der Waals surface area (Å²) < 4.78 is 38.3. The van der Waals surface area contributed by atoms with Crippen molar-refractivity contribution in [3.63, 3.8) is 0 Å². The average Bonchev–Trinajstić information content (AvgIpc) is 2.97. The molecule has 0 aliphatic carbocycles. The molecule has 0 spiro atoms. The maximum atomic E-state index is 12.8. The van der Waals surface area contributed by atoms with Crippen molar-refractivity contribution < 1.29 is 18.0 Å². The Morgan fingerprint density at radius 1 is 1.24 bits per heavy atom. The summed E-state index contributed by atoms with van der Waals surface area (Å²) >= 11 is 1.52. The molecule has 2 aromatic rings. The van der Waals surface area contributed by atoms with Gasteiger partial charge in [0, 0.05) is 16.5 Å². The average molecular weight is 370 g/mol. The summed E-state index contributed by atoms with van der Waals surface area (Å²) in [5, 5.41) is 4.33. The van der Waals surface area contributed by atoms with E-state index in [1.54, 1.807) is 5.38 Å². The molecule has 7 heteroatoms. The Balaban J connectivity index is 2.19. The number of thiophene rings is 1. The van der Waals surface area contributed by atoms with Crippen molar-refractivity contribution in [1.82, 2.24) is 4.98 Å². The number of nitrogens with one attached hydrogen (secondary N) is 1. The number of nitrogens with zero attached hydrogens (tertiary/aromatic N) is 1. The number of rotatable bonds is 7. The van der Waals surface area contributed by atoms with E-state index in [9.17, 15) is 18.0 Å². The SMILES string of the molecule is CCCCCc1c(C(=O)Nc2cncc(C(F)(F)F)c2)csc1CC. The Labute approximate surface area is 149 Å². The molecule has 0 bridgehead atoms. The van der Waals surface area contributed by atoms with Crippen LogP contribution in [-0.2, 0) is 19.0 Å². The summed E-state index contributed by atoms with van der Waals surface area (Å²) in [5.41, 5.74) is 0.727. The van der Waals surface area contributed by atoms with Gasteiger partial charge in [0.05, 0.1) is 23.0 Å². The molecule has 0 aliphatic heterocycles. The highest BCUT2D eigenvalue weighted by atomic mass is 32.1. The molecule has 2 aromatic heterocycles. The minimum atomic E-state index is -4.49. The smallest absolute Gasteiger partial charge is 0.321 e. The van der Waals surface area contributed by atoms with Crippen LogP contribution in [0.2, 0.25) is 0 Å². The zero-order chi connectivity index (χ0) is 18.4. The van der Waals surface area contributed by atoms with Crippen LogP contribution >= 0.6 is 11.3 Å². The fourth-order valence-corrected chi connectivity index (χ4v) is 3.63. The summed E-state index contributed by atoms with van der Waals surface area (Å²) in [6.07, 6.45) is 2.28. The number of pyridine rings is 1. The van der Waals surface area contributed by atoms with Crippen molar-refractivity contribution >= 4 is 22.9 Å². The van der Waals surface area contributed by atoms with Gasteiger partial charge >= 0.3 is 6.18 Å². The number of anilines is 1. The van der Waals surface area contributed by atoms with Gasteiger partial charge in [-0.15, -0.1) is 11.3 Å². The first-order chi connectivity index (χ1) is 11.9. The molecule has 2 heterocycles. The first-order valence-electron chi connectivity index (χ1n) is 8.29. The number of alkyl halides is 3. The number of amides is 1. The highest BCUT2D eigenvalue weighted by Crippen LogP contribution is 2.30. The minimum Gasteiger partial charge on any atom is -0.321 e. The molecule has 3 nitrogen and oxygen atoms in total. The summed E-state index contributed by atoms with van der Waals surface area (Å²) in [6.45, 7) is 4.15. The molecule has 0 aliphatic rings. The zero-order valence-electron chi connectivity index (χ0n) is 14.2. The first kappa shape index (κ1) is 19.4. The summed E-state index contributed by atoms with van der Waals surface area (Å²) in [5.74, 6) is -0.386. The Morgan fingerprint density at radius 3 is 2.64 bits per heavy atom. The Kier molecular flexibility index (Phi) is 6.58. The third kappa shape index (κ3) is 5.04. The van der Waals surface area contributed by atoms with Gasteiger partial charge in [-0.25, -0.2) is 0 Å². The number of carbonyl (C=O) groups excluding carboxylic acids is 1. The van der Waals surface area contributed by atoms with Crippen LogP contribution < -0.4 is 5.32 Å². The number of aromatic nitrogens is 1. The number of carbonyl (C=O) groups is 1. The van der Waals surface area contributed by atoms with Crippen molar-refractivity contribution in [3.8, 4) is 0 Å². The van der Waals surface area contributed by atoms with Crippen LogP contribution in [0, 0.1) is 0 Å². The molecule has 0 unspecified atom stereocenters. The Bertz CT molecular complexity index is 725. The van der Waals surface area contributed by atoms with Gasteiger partial charge in [-0.2, -0.15) is 13.2 Å². The topological polar surface area (TPSA) is 42.0 Å². The summed E-state index contributed by atoms with van der Waals surface area (Å²) in [4.78, 5) is 17.3. The minimum absolute atomic E-state index is 0.0450. The van der Waals surface area contributed by atoms with Crippen LogP contribution in [-0.4, -0.2) is 10.9 Å². The normalized spacial score (nSPS) is 11.6. The predicted molar refractivity (Wildman–Crippen MR) is 94.1 cm³/mol. The van der Waals surface area contributed by atoms with Gasteiger partial charge in [0.25, 0.3) is 5.91 Å². The molecule has 1 N–H and O–H groups in total. The third-order valence-electron chi connectivity index (χ3n) is 3.90. The van der Waals surface area contributed by atoms with Crippen LogP contribution in [0.25, 0.3) is 0 Å². The molecular weight excluding hydrogens is 349 g/mol. The molecule has 2 rings (SSSR count). The predicted octanol–water partition coefficient (Wildman–Crippen LogP) is 5.71. The van der Waals surface area contributed by atoms with E-state index >= 15 is 0 Å². The Hall–Kier alpha value is -1.89. The quantitative estimate of drug-likeness (QED) is 0.634. The van der Waals surface area contributed by atoms with Gasteiger partial charge in [0.1, 0.15) is 0 Å². The largest absolute Gasteiger partial charge is 0.417 e. The van der Waals surface area contributed by atoms with E-state index in [2.05, 4.69) is 17.2 Å². The third-order valence-corrected chi connectivity index (χ3v) is 5.07. The molecule has 0 radical (unpaired) electrons. The lowest BCUT2D eigenvalue weighted by molar-refractivity contribution is -0.137. The fraction of sp³-hybridized carbons (Fsp3) is 0.444. The van der Waals surface area contributed by atoms with Gasteiger partial charge in [0.15, 0.2) is 0 Å². The maximum absolute atomic E-state index is 12.8. The Morgan fingerprint density at radius 2 is 2.00 bits per heavy atom. The highest BCUT2D eigenvalue weighted by Gasteiger charge is 2.31. The van der Waals surface area contributed by atoms with Crippen molar-refractivity contribution in [1.29, 1.82) is 0 Å². The molecule has 0 saturated heterocycles. The van der Waals surface area contributed by atoms with Gasteiger partial charge in [-0.1, -0.05) is 26.7 Å². The number of unbranched alkanes of at least 4 members (excludes halogenated alkanes) is 2. The van der Waals surface area contributed by atoms with Crippen LogP contribution in [0.15, 0.2) is 23.8 Å². The molecular formula is C18H21F3N2OS. The van der Waals surface area contributed by atoms with E-state index in [1.165, 1.54) is 17.5 Å². The van der Waals surface area contributed by atoms with Crippen LogP contribution in [0.1, 0.15) is 59.5 Å². The van der Waals surface area contributed by atoms with Crippen LogP contribution in [0.4, 0.5) is 18.9 Å². The standard InChI is InChI=1S/C18H21F3N2OS/c1-3-5-6-7-14-15(11-25-16(14)4-2)17(24)23-13-8-12(9-22-10-13)18(19,20)21/h8-11H,3-7H2,1-2H3,(H,23,24). The molecule has 0 fully saturated rings. The number of hydrogen-bond acceptors (Lipinski definition) is 3. The lowest BCUT2D eigenvalue weighted by Crippen LogP contribution is -2.15. The monoisotopic (exact) mass is 370 g/mol. The molecule has 136 valence electrons. The number of hydrogen-bond donors (Lipinski definition) is 1. The lowest BCUT2D eigenvalue weighted by atomic mass is 10.0. The summed E-state index contributed by atoms with van der Waals surface area (Å²) in [6, 6.07) is 0.898. The van der Waals surface area contributed by atoms with Crippen molar-refractivity contribution in [2.24, 2.45) is 0 Å². The van der Waals surface area contributed by atoms with Crippen molar-refractivity contribution in [2.45, 2.75) is 52.1 Å². The lowest BCUT2D eigenvalue weighted by Gasteiger charge is -2.10. The van der Waals surface area contributed by atoms with Crippen molar-refractivity contribution in [3.05, 3.63) is 45.4 Å². The van der Waals surface area contributed by atoms with E-state index in [-0.39, 0.29) is 11.6 Å². The molecule has 0 saturated carbocycles. The number of halogens is 3. The second kappa shape index (κ2) is 8.47. The first-order valence-corrected chi connectivity index (χ1v) is 9.17. The van der Waals surface area contributed by atoms with Crippen LogP contribution in [0.3, 0.4) is 0 Å². The van der Waals surface area contributed by atoms with Gasteiger partial charge in [0.2, 0.25) is 0 Å². The summed E-state index contributed by atoms with van der Waals surface area (Å²) in [7, 11) is 0. The zero-order valence-corrected chi connectivity index (χ0v) is 15.1. The fourth-order valence-electron chi connectivity index (χ4n) is 2.60. The molecule has 25 heavy (non-hydrogen) atoms. The number of aryl methyl sites for hydroxylation is 1. The molecule has 0 aromatic carbocycles. The van der Waals surface area contributed by atoms with E-state index in [0.29, 0.717) is 5.56 Å². The van der Waals surface area contributed by atoms with E-state index < -0.39 is 11.7 Å².